The van der Waals surface area contributed by atoms with Crippen molar-refractivity contribution in [3.8, 4) is 0 Å². The molecule has 0 bridgehead atoms. The quantitative estimate of drug-likeness (QED) is 0.685. The molecular weight excluding hydrogens is 146 g/mol. The summed E-state index contributed by atoms with van der Waals surface area (Å²) in [5.41, 5.74) is 0. The number of hydrogen-bond donors (Lipinski definition) is 1. The molecule has 1 heteroatoms. The van der Waals surface area contributed by atoms with Gasteiger partial charge < -0.3 is 5.32 Å². The predicted molar refractivity (Wildman–Crippen MR) is 54.2 cm³/mol. The van der Waals surface area contributed by atoms with E-state index in [-0.39, 0.29) is 0 Å². The van der Waals surface area contributed by atoms with Crippen LogP contribution in [0.15, 0.2) is 0 Å². The third kappa shape index (κ3) is 2.01. The number of nitrogens with one attached hydrogen (secondary N) is 1. The maximum Gasteiger partial charge on any atom is 0.00702 e. The minimum Gasteiger partial charge on any atom is -0.314 e. The van der Waals surface area contributed by atoms with Gasteiger partial charge in [0.15, 0.2) is 0 Å². The highest BCUT2D eigenvalue weighted by molar-refractivity contribution is 4.85. The van der Waals surface area contributed by atoms with Crippen LogP contribution >= 0.6 is 0 Å². The van der Waals surface area contributed by atoms with Gasteiger partial charge in [0, 0.05) is 6.04 Å². The molecule has 0 amide bonds. The Bertz CT molecular complexity index is 131. The average molecular weight is 169 g/mol. The molecule has 3 unspecified atom stereocenters. The largest absolute Gasteiger partial charge is 0.314 e. The van der Waals surface area contributed by atoms with Crippen molar-refractivity contribution in [3.05, 3.63) is 0 Å². The summed E-state index contributed by atoms with van der Waals surface area (Å²) in [6, 6.07) is 0.748. The summed E-state index contributed by atoms with van der Waals surface area (Å²) in [6.07, 6.45) is 2.73. The molecule has 0 saturated carbocycles. The maximum atomic E-state index is 3.54. The summed E-state index contributed by atoms with van der Waals surface area (Å²) in [5, 5.41) is 3.54. The fourth-order valence-corrected chi connectivity index (χ4v) is 2.73. The van der Waals surface area contributed by atoms with Crippen LogP contribution in [0, 0.1) is 17.8 Å². The van der Waals surface area contributed by atoms with Crippen LogP contribution in [-0.4, -0.2) is 12.6 Å². The summed E-state index contributed by atoms with van der Waals surface area (Å²) < 4.78 is 0. The van der Waals surface area contributed by atoms with Crippen molar-refractivity contribution in [3.63, 3.8) is 0 Å². The van der Waals surface area contributed by atoms with Crippen LogP contribution < -0.4 is 5.32 Å². The summed E-state index contributed by atoms with van der Waals surface area (Å²) in [4.78, 5) is 0. The molecule has 0 aromatic heterocycles. The molecule has 1 aliphatic heterocycles. The fourth-order valence-electron chi connectivity index (χ4n) is 2.73. The van der Waals surface area contributed by atoms with Gasteiger partial charge in [0.25, 0.3) is 0 Å². The summed E-state index contributed by atoms with van der Waals surface area (Å²) in [5.74, 6) is 2.70. The first-order chi connectivity index (χ1) is 5.66. The van der Waals surface area contributed by atoms with E-state index >= 15 is 0 Å². The van der Waals surface area contributed by atoms with Gasteiger partial charge in [0.05, 0.1) is 0 Å². The van der Waals surface area contributed by atoms with Crippen LogP contribution in [0.5, 0.6) is 0 Å². The molecular formula is C11H23N. The lowest BCUT2D eigenvalue weighted by molar-refractivity contribution is 0.231. The Hall–Kier alpha value is -0.0400. The molecule has 1 rings (SSSR count). The molecule has 1 N–H and O–H groups in total. The normalized spacial score (nSPS) is 32.8. The zero-order chi connectivity index (χ0) is 9.14. The molecule has 0 aliphatic carbocycles. The van der Waals surface area contributed by atoms with Crippen molar-refractivity contribution < 1.29 is 0 Å². The molecule has 1 nitrogen and oxygen atoms in total. The highest BCUT2D eigenvalue weighted by Crippen LogP contribution is 2.31. The Morgan fingerprint density at radius 2 is 2.08 bits per heavy atom. The minimum absolute atomic E-state index is 0.748. The monoisotopic (exact) mass is 169 g/mol. The fraction of sp³-hybridized carbons (Fsp3) is 1.00. The standard InChI is InChI=1S/C11H23N/c1-5-10(8(2)3)11-6-7-12-9(11)4/h8-12H,5-7H2,1-4H3. The third-order valence-corrected chi connectivity index (χ3v) is 3.46. The lowest BCUT2D eigenvalue weighted by Crippen LogP contribution is -2.30. The van der Waals surface area contributed by atoms with Crippen molar-refractivity contribution in [1.29, 1.82) is 0 Å². The molecule has 3 atom stereocenters. The van der Waals surface area contributed by atoms with Crippen molar-refractivity contribution in [1.82, 2.24) is 5.32 Å². The van der Waals surface area contributed by atoms with Crippen molar-refractivity contribution in [2.24, 2.45) is 17.8 Å². The number of rotatable bonds is 3. The van der Waals surface area contributed by atoms with Crippen molar-refractivity contribution in [2.45, 2.75) is 46.6 Å². The van der Waals surface area contributed by atoms with E-state index < -0.39 is 0 Å². The molecule has 12 heavy (non-hydrogen) atoms. The van der Waals surface area contributed by atoms with Crippen LogP contribution in [0.1, 0.15) is 40.5 Å². The Balaban J connectivity index is 2.52. The van der Waals surface area contributed by atoms with Gasteiger partial charge in [-0.25, -0.2) is 0 Å². The zero-order valence-electron chi connectivity index (χ0n) is 8.93. The van der Waals surface area contributed by atoms with Gasteiger partial charge >= 0.3 is 0 Å². The van der Waals surface area contributed by atoms with Crippen LogP contribution in [0.2, 0.25) is 0 Å². The van der Waals surface area contributed by atoms with Crippen LogP contribution in [0.3, 0.4) is 0 Å². The first kappa shape index (κ1) is 10.0. The zero-order valence-corrected chi connectivity index (χ0v) is 8.93. The van der Waals surface area contributed by atoms with Gasteiger partial charge in [0.2, 0.25) is 0 Å². The second-order valence-electron chi connectivity index (χ2n) is 4.51. The van der Waals surface area contributed by atoms with Gasteiger partial charge in [-0.2, -0.15) is 0 Å². The number of hydrogen-bond acceptors (Lipinski definition) is 1. The van der Waals surface area contributed by atoms with Crippen LogP contribution in [-0.2, 0) is 0 Å². The van der Waals surface area contributed by atoms with Gasteiger partial charge in [-0.3, -0.25) is 0 Å². The lowest BCUT2D eigenvalue weighted by Gasteiger charge is -2.28. The predicted octanol–water partition coefficient (Wildman–Crippen LogP) is 2.67. The SMILES string of the molecule is CCC(C(C)C)C1CCNC1C. The molecule has 0 spiro atoms. The van der Waals surface area contributed by atoms with Gasteiger partial charge in [-0.1, -0.05) is 27.2 Å². The van der Waals surface area contributed by atoms with Gasteiger partial charge in [-0.05, 0) is 37.6 Å². The lowest BCUT2D eigenvalue weighted by atomic mass is 9.78. The maximum absolute atomic E-state index is 3.54. The second kappa shape index (κ2) is 4.27. The van der Waals surface area contributed by atoms with E-state index in [4.69, 9.17) is 0 Å². The molecule has 1 fully saturated rings. The van der Waals surface area contributed by atoms with Gasteiger partial charge in [-0.15, -0.1) is 0 Å². The molecule has 72 valence electrons. The highest BCUT2D eigenvalue weighted by Gasteiger charge is 2.30. The molecule has 0 aromatic carbocycles. The Kier molecular flexibility index (Phi) is 3.57. The third-order valence-electron chi connectivity index (χ3n) is 3.46. The van der Waals surface area contributed by atoms with Crippen LogP contribution in [0.25, 0.3) is 0 Å². The Morgan fingerprint density at radius 3 is 2.42 bits per heavy atom. The topological polar surface area (TPSA) is 12.0 Å². The van der Waals surface area contributed by atoms with E-state index in [2.05, 4.69) is 33.0 Å². The summed E-state index contributed by atoms with van der Waals surface area (Å²) in [7, 11) is 0. The first-order valence-electron chi connectivity index (χ1n) is 5.40. The summed E-state index contributed by atoms with van der Waals surface area (Å²) >= 11 is 0. The molecule has 1 saturated heterocycles. The van der Waals surface area contributed by atoms with E-state index in [1.54, 1.807) is 0 Å². The second-order valence-corrected chi connectivity index (χ2v) is 4.51. The van der Waals surface area contributed by atoms with E-state index in [0.717, 1.165) is 23.8 Å². The van der Waals surface area contributed by atoms with Crippen molar-refractivity contribution >= 4 is 0 Å². The smallest absolute Gasteiger partial charge is 0.00702 e. The molecule has 0 radical (unpaired) electrons. The van der Waals surface area contributed by atoms with E-state index in [1.807, 2.05) is 0 Å². The highest BCUT2D eigenvalue weighted by atomic mass is 14.9. The van der Waals surface area contributed by atoms with Crippen LogP contribution in [0.4, 0.5) is 0 Å². The Labute approximate surface area is 76.9 Å². The first-order valence-corrected chi connectivity index (χ1v) is 5.40. The average Bonchev–Trinajstić information content (AvgIpc) is 2.38. The van der Waals surface area contributed by atoms with Gasteiger partial charge in [0.1, 0.15) is 0 Å². The van der Waals surface area contributed by atoms with E-state index in [0.29, 0.717) is 0 Å². The Morgan fingerprint density at radius 1 is 1.42 bits per heavy atom. The minimum atomic E-state index is 0.748. The molecule has 0 aromatic rings. The van der Waals surface area contributed by atoms with Crippen molar-refractivity contribution in [2.75, 3.05) is 6.54 Å². The summed E-state index contributed by atoms with van der Waals surface area (Å²) in [6.45, 7) is 10.6. The molecule has 1 heterocycles. The van der Waals surface area contributed by atoms with E-state index in [1.165, 1.54) is 19.4 Å². The van der Waals surface area contributed by atoms with E-state index in [9.17, 15) is 0 Å². The molecule has 1 aliphatic rings.